The summed E-state index contributed by atoms with van der Waals surface area (Å²) < 4.78 is 29.2. The molecule has 0 radical (unpaired) electrons. The van der Waals surface area contributed by atoms with Crippen molar-refractivity contribution in [2.24, 2.45) is 0 Å². The molecular formula is C12H16N2O3S. The SMILES string of the molecule is CCc1nc(C)c[nH]1.O=S(=O)(O)c1ccccc1. The Kier molecular flexibility index (Phi) is 5.06. The van der Waals surface area contributed by atoms with Gasteiger partial charge >= 0.3 is 0 Å². The van der Waals surface area contributed by atoms with Gasteiger partial charge in [0.25, 0.3) is 10.1 Å². The molecule has 1 aromatic carbocycles. The predicted octanol–water partition coefficient (Wildman–Crippen LogP) is 2.21. The summed E-state index contributed by atoms with van der Waals surface area (Å²) in [6.45, 7) is 4.06. The number of benzene rings is 1. The molecule has 98 valence electrons. The number of imidazole rings is 1. The van der Waals surface area contributed by atoms with Gasteiger partial charge in [0.2, 0.25) is 0 Å². The summed E-state index contributed by atoms with van der Waals surface area (Å²) in [4.78, 5) is 7.14. The summed E-state index contributed by atoms with van der Waals surface area (Å²) in [6.07, 6.45) is 2.91. The fraction of sp³-hybridized carbons (Fsp3) is 0.250. The Bertz CT molecular complexity index is 576. The van der Waals surface area contributed by atoms with Gasteiger partial charge in [-0.2, -0.15) is 8.42 Å². The molecule has 1 heterocycles. The maximum Gasteiger partial charge on any atom is 0.294 e. The fourth-order valence-corrected chi connectivity index (χ4v) is 1.74. The van der Waals surface area contributed by atoms with Gasteiger partial charge in [0.1, 0.15) is 5.82 Å². The quantitative estimate of drug-likeness (QED) is 0.818. The minimum Gasteiger partial charge on any atom is -0.348 e. The van der Waals surface area contributed by atoms with E-state index in [-0.39, 0.29) is 4.90 Å². The van der Waals surface area contributed by atoms with Crippen LogP contribution in [0, 0.1) is 6.92 Å². The first kappa shape index (κ1) is 14.4. The van der Waals surface area contributed by atoms with E-state index in [1.54, 1.807) is 18.2 Å². The summed E-state index contributed by atoms with van der Waals surface area (Å²) in [6, 6.07) is 7.42. The van der Waals surface area contributed by atoms with Crippen molar-refractivity contribution in [2.75, 3.05) is 0 Å². The van der Waals surface area contributed by atoms with Crippen LogP contribution in [0.3, 0.4) is 0 Å². The zero-order chi connectivity index (χ0) is 13.6. The number of hydrogen-bond donors (Lipinski definition) is 2. The zero-order valence-corrected chi connectivity index (χ0v) is 11.1. The molecule has 0 fully saturated rings. The summed E-state index contributed by atoms with van der Waals surface area (Å²) in [5, 5.41) is 0. The first-order chi connectivity index (χ1) is 8.43. The van der Waals surface area contributed by atoms with Crippen molar-refractivity contribution in [3.8, 4) is 0 Å². The first-order valence-corrected chi connectivity index (χ1v) is 6.91. The highest BCUT2D eigenvalue weighted by molar-refractivity contribution is 7.85. The van der Waals surface area contributed by atoms with Crippen molar-refractivity contribution in [3.05, 3.63) is 48.0 Å². The van der Waals surface area contributed by atoms with Crippen LogP contribution in [0.1, 0.15) is 18.4 Å². The highest BCUT2D eigenvalue weighted by Crippen LogP contribution is 2.05. The second-order valence-corrected chi connectivity index (χ2v) is 5.05. The molecule has 0 aliphatic heterocycles. The highest BCUT2D eigenvalue weighted by Gasteiger charge is 2.05. The highest BCUT2D eigenvalue weighted by atomic mass is 32.2. The summed E-state index contributed by atoms with van der Waals surface area (Å²) in [7, 11) is -4.00. The lowest BCUT2D eigenvalue weighted by Crippen LogP contribution is -1.96. The number of nitrogens with zero attached hydrogens (tertiary/aromatic N) is 1. The molecule has 0 aliphatic carbocycles. The lowest BCUT2D eigenvalue weighted by Gasteiger charge is -1.92. The van der Waals surface area contributed by atoms with Gasteiger partial charge in [-0.25, -0.2) is 4.98 Å². The van der Waals surface area contributed by atoms with Crippen LogP contribution in [0.4, 0.5) is 0 Å². The van der Waals surface area contributed by atoms with Crippen molar-refractivity contribution in [2.45, 2.75) is 25.2 Å². The number of hydrogen-bond acceptors (Lipinski definition) is 3. The van der Waals surface area contributed by atoms with Gasteiger partial charge in [-0.05, 0) is 19.1 Å². The molecule has 2 aromatic rings. The average molecular weight is 268 g/mol. The maximum absolute atomic E-state index is 10.4. The van der Waals surface area contributed by atoms with E-state index in [1.807, 2.05) is 13.1 Å². The van der Waals surface area contributed by atoms with E-state index in [0.29, 0.717) is 0 Å². The van der Waals surface area contributed by atoms with Crippen LogP contribution >= 0.6 is 0 Å². The minimum absolute atomic E-state index is 0.0741. The van der Waals surface area contributed by atoms with Gasteiger partial charge in [-0.15, -0.1) is 0 Å². The second kappa shape index (κ2) is 6.32. The van der Waals surface area contributed by atoms with Crippen LogP contribution in [0.25, 0.3) is 0 Å². The molecule has 0 amide bonds. The number of rotatable bonds is 2. The molecule has 1 aromatic heterocycles. The van der Waals surface area contributed by atoms with Gasteiger partial charge in [0, 0.05) is 12.6 Å². The third kappa shape index (κ3) is 4.68. The largest absolute Gasteiger partial charge is 0.348 e. The monoisotopic (exact) mass is 268 g/mol. The van der Waals surface area contributed by atoms with Crippen LogP contribution in [0.5, 0.6) is 0 Å². The van der Waals surface area contributed by atoms with Crippen molar-refractivity contribution < 1.29 is 13.0 Å². The fourth-order valence-electron chi connectivity index (χ4n) is 1.24. The first-order valence-electron chi connectivity index (χ1n) is 5.47. The molecule has 0 spiro atoms. The number of H-pyrrole nitrogens is 1. The number of aromatic nitrogens is 2. The van der Waals surface area contributed by atoms with E-state index < -0.39 is 10.1 Å². The molecule has 0 saturated carbocycles. The number of aryl methyl sites for hydroxylation is 2. The van der Waals surface area contributed by atoms with Crippen LogP contribution in [0.2, 0.25) is 0 Å². The number of aromatic amines is 1. The van der Waals surface area contributed by atoms with E-state index in [1.165, 1.54) is 12.1 Å². The predicted molar refractivity (Wildman–Crippen MR) is 69.0 cm³/mol. The van der Waals surface area contributed by atoms with Crippen LogP contribution in [0.15, 0.2) is 41.4 Å². The van der Waals surface area contributed by atoms with E-state index >= 15 is 0 Å². The molecule has 0 bridgehead atoms. The van der Waals surface area contributed by atoms with Gasteiger partial charge < -0.3 is 4.98 Å². The van der Waals surface area contributed by atoms with Crippen LogP contribution in [-0.2, 0) is 16.5 Å². The second-order valence-electron chi connectivity index (χ2n) is 3.63. The van der Waals surface area contributed by atoms with Crippen molar-refractivity contribution in [1.29, 1.82) is 0 Å². The zero-order valence-electron chi connectivity index (χ0n) is 10.3. The third-order valence-corrected chi connectivity index (χ3v) is 3.00. The molecule has 0 atom stereocenters. The molecule has 5 nitrogen and oxygen atoms in total. The lowest BCUT2D eigenvalue weighted by atomic mass is 10.4. The molecule has 2 N–H and O–H groups in total. The molecule has 18 heavy (non-hydrogen) atoms. The maximum atomic E-state index is 10.4. The molecular weight excluding hydrogens is 252 g/mol. The van der Waals surface area contributed by atoms with Crippen molar-refractivity contribution in [1.82, 2.24) is 9.97 Å². The van der Waals surface area contributed by atoms with Gasteiger partial charge in [-0.3, -0.25) is 4.55 Å². The Morgan fingerprint density at radius 3 is 2.17 bits per heavy atom. The Hall–Kier alpha value is -1.66. The molecule has 0 aliphatic rings. The van der Waals surface area contributed by atoms with Crippen molar-refractivity contribution in [3.63, 3.8) is 0 Å². The normalized spacial score (nSPS) is 10.6. The topological polar surface area (TPSA) is 83.0 Å². The van der Waals surface area contributed by atoms with Crippen LogP contribution in [-0.4, -0.2) is 22.9 Å². The van der Waals surface area contributed by atoms with Gasteiger partial charge in [0.05, 0.1) is 10.6 Å². The summed E-state index contributed by atoms with van der Waals surface area (Å²) >= 11 is 0. The standard InChI is InChI=1S/C6H10N2.C6H6O3S/c1-3-6-7-4-5(2)8-6;7-10(8,9)6-4-2-1-3-5-6/h4H,3H2,1-2H3,(H,7,8);1-5H,(H,7,8,9). The Labute approximate surface area is 107 Å². The summed E-state index contributed by atoms with van der Waals surface area (Å²) in [5.41, 5.74) is 1.07. The van der Waals surface area contributed by atoms with E-state index in [2.05, 4.69) is 16.9 Å². The number of nitrogens with one attached hydrogen (secondary N) is 1. The minimum atomic E-state index is -4.00. The van der Waals surface area contributed by atoms with Crippen LogP contribution < -0.4 is 0 Å². The van der Waals surface area contributed by atoms with E-state index in [9.17, 15) is 8.42 Å². The Morgan fingerprint density at radius 1 is 1.28 bits per heavy atom. The molecule has 2 rings (SSSR count). The Morgan fingerprint density at radius 2 is 1.89 bits per heavy atom. The van der Waals surface area contributed by atoms with Crippen molar-refractivity contribution >= 4 is 10.1 Å². The van der Waals surface area contributed by atoms with Gasteiger partial charge in [0.15, 0.2) is 0 Å². The molecule has 0 saturated heterocycles. The summed E-state index contributed by atoms with van der Waals surface area (Å²) in [5.74, 6) is 1.07. The van der Waals surface area contributed by atoms with Gasteiger partial charge in [-0.1, -0.05) is 25.1 Å². The lowest BCUT2D eigenvalue weighted by molar-refractivity contribution is 0.483. The Balaban J connectivity index is 0.000000184. The third-order valence-electron chi connectivity index (χ3n) is 2.13. The van der Waals surface area contributed by atoms with E-state index in [0.717, 1.165) is 17.9 Å². The van der Waals surface area contributed by atoms with E-state index in [4.69, 9.17) is 4.55 Å². The smallest absolute Gasteiger partial charge is 0.294 e. The average Bonchev–Trinajstić information content (AvgIpc) is 2.76. The molecule has 6 heteroatoms. The molecule has 0 unspecified atom stereocenters.